The number of hydrogen-bond donors (Lipinski definition) is 1. The summed E-state index contributed by atoms with van der Waals surface area (Å²) >= 11 is 0. The van der Waals surface area contributed by atoms with E-state index in [0.29, 0.717) is 18.9 Å². The van der Waals surface area contributed by atoms with Crippen molar-refractivity contribution in [3.63, 3.8) is 0 Å². The van der Waals surface area contributed by atoms with Gasteiger partial charge in [0.25, 0.3) is 0 Å². The number of hydrogen-bond acceptors (Lipinski definition) is 5. The normalized spacial score (nSPS) is 16.8. The third-order valence-electron chi connectivity index (χ3n) is 5.08. The van der Waals surface area contributed by atoms with Crippen molar-refractivity contribution >= 4 is 5.91 Å². The van der Waals surface area contributed by atoms with Crippen LogP contribution >= 0.6 is 0 Å². The van der Waals surface area contributed by atoms with Gasteiger partial charge >= 0.3 is 0 Å². The summed E-state index contributed by atoms with van der Waals surface area (Å²) in [5.41, 5.74) is 2.60. The largest absolute Gasteiger partial charge is 0.347 e. The van der Waals surface area contributed by atoms with E-state index in [9.17, 15) is 9.18 Å². The van der Waals surface area contributed by atoms with Crippen molar-refractivity contribution in [2.45, 2.75) is 26.1 Å². The van der Waals surface area contributed by atoms with E-state index in [0.717, 1.165) is 29.2 Å². The standard InChI is InChI=1S/C19H22FN7O/c1-12-22-24-18-17(19(28)25(2)3)26(8-9-27(12)18)11-14-10-21-23-16(14)13-4-6-15(20)7-5-13/h4-7,10,17H,8-9,11H2,1-3H3,(H,21,23). The van der Waals surface area contributed by atoms with Crippen LogP contribution in [0, 0.1) is 12.7 Å². The third-order valence-corrected chi connectivity index (χ3v) is 5.08. The summed E-state index contributed by atoms with van der Waals surface area (Å²) in [5, 5.41) is 15.6. The summed E-state index contributed by atoms with van der Waals surface area (Å²) in [6.45, 7) is 3.81. The average Bonchev–Trinajstić information content (AvgIpc) is 3.29. The number of halogens is 1. The number of amides is 1. The predicted molar refractivity (Wildman–Crippen MR) is 101 cm³/mol. The molecule has 1 unspecified atom stereocenters. The molecule has 9 heteroatoms. The molecule has 28 heavy (non-hydrogen) atoms. The topological polar surface area (TPSA) is 82.9 Å². The minimum atomic E-state index is -0.513. The lowest BCUT2D eigenvalue weighted by atomic mass is 10.1. The molecular weight excluding hydrogens is 361 g/mol. The number of likely N-dealkylation sites (N-methyl/N-ethyl adjacent to an activating group) is 1. The lowest BCUT2D eigenvalue weighted by Gasteiger charge is -2.35. The van der Waals surface area contributed by atoms with Gasteiger partial charge in [0.1, 0.15) is 11.6 Å². The lowest BCUT2D eigenvalue weighted by Crippen LogP contribution is -2.45. The number of aromatic amines is 1. The molecular formula is C19H22FN7O. The Hall–Kier alpha value is -3.07. The Morgan fingerprint density at radius 3 is 2.71 bits per heavy atom. The van der Waals surface area contributed by atoms with Crippen molar-refractivity contribution in [2.75, 3.05) is 20.6 Å². The van der Waals surface area contributed by atoms with E-state index < -0.39 is 6.04 Å². The Bertz CT molecular complexity index is 992. The van der Waals surface area contributed by atoms with Gasteiger partial charge in [-0.3, -0.25) is 14.8 Å². The summed E-state index contributed by atoms with van der Waals surface area (Å²) in [5.74, 6) is 1.14. The number of nitrogens with one attached hydrogen (secondary N) is 1. The van der Waals surface area contributed by atoms with E-state index in [1.54, 1.807) is 37.3 Å². The Labute approximate surface area is 162 Å². The Morgan fingerprint density at radius 1 is 1.25 bits per heavy atom. The number of rotatable bonds is 4. The van der Waals surface area contributed by atoms with Gasteiger partial charge in [-0.2, -0.15) is 5.10 Å². The van der Waals surface area contributed by atoms with Crippen molar-refractivity contribution < 1.29 is 9.18 Å². The Morgan fingerprint density at radius 2 is 2.00 bits per heavy atom. The van der Waals surface area contributed by atoms with Crippen LogP contribution in [0.3, 0.4) is 0 Å². The maximum Gasteiger partial charge on any atom is 0.247 e. The van der Waals surface area contributed by atoms with Crippen molar-refractivity contribution in [3.8, 4) is 11.3 Å². The molecule has 1 aromatic carbocycles. The van der Waals surface area contributed by atoms with Crippen LogP contribution in [-0.2, 0) is 17.9 Å². The maximum absolute atomic E-state index is 13.3. The summed E-state index contributed by atoms with van der Waals surface area (Å²) in [4.78, 5) is 16.6. The van der Waals surface area contributed by atoms with Crippen molar-refractivity contribution in [1.82, 2.24) is 34.8 Å². The first-order chi connectivity index (χ1) is 13.5. The van der Waals surface area contributed by atoms with Gasteiger partial charge in [-0.05, 0) is 31.2 Å². The molecule has 0 bridgehead atoms. The van der Waals surface area contributed by atoms with Gasteiger partial charge < -0.3 is 9.47 Å². The molecule has 0 spiro atoms. The number of H-pyrrole nitrogens is 1. The zero-order valence-corrected chi connectivity index (χ0v) is 16.1. The minimum Gasteiger partial charge on any atom is -0.347 e. The van der Waals surface area contributed by atoms with Crippen LogP contribution in [-0.4, -0.2) is 61.3 Å². The highest BCUT2D eigenvalue weighted by Gasteiger charge is 2.37. The predicted octanol–water partition coefficient (Wildman–Crippen LogP) is 1.76. The van der Waals surface area contributed by atoms with Gasteiger partial charge in [0.15, 0.2) is 11.9 Å². The van der Waals surface area contributed by atoms with Crippen molar-refractivity contribution in [2.24, 2.45) is 0 Å². The summed E-state index contributed by atoms with van der Waals surface area (Å²) in [6.07, 6.45) is 1.75. The molecule has 1 atom stereocenters. The molecule has 4 rings (SSSR count). The van der Waals surface area contributed by atoms with Crippen molar-refractivity contribution in [1.29, 1.82) is 0 Å². The first-order valence-corrected chi connectivity index (χ1v) is 9.09. The van der Waals surface area contributed by atoms with Crippen LogP contribution < -0.4 is 0 Å². The smallest absolute Gasteiger partial charge is 0.247 e. The van der Waals surface area contributed by atoms with Crippen molar-refractivity contribution in [3.05, 3.63) is 53.5 Å². The van der Waals surface area contributed by atoms with Crippen LogP contribution in [0.15, 0.2) is 30.5 Å². The molecule has 8 nitrogen and oxygen atoms in total. The van der Waals surface area contributed by atoms with E-state index in [1.165, 1.54) is 12.1 Å². The summed E-state index contributed by atoms with van der Waals surface area (Å²) < 4.78 is 15.3. The molecule has 3 aromatic rings. The van der Waals surface area contributed by atoms with Gasteiger partial charge in [0.2, 0.25) is 5.91 Å². The molecule has 0 aliphatic carbocycles. The zero-order valence-electron chi connectivity index (χ0n) is 16.1. The molecule has 2 aromatic heterocycles. The third kappa shape index (κ3) is 3.18. The van der Waals surface area contributed by atoms with E-state index in [4.69, 9.17) is 0 Å². The SMILES string of the molecule is Cc1nnc2n1CCN(Cc1cn[nH]c1-c1ccc(F)cc1)C2C(=O)N(C)C. The highest BCUT2D eigenvalue weighted by Crippen LogP contribution is 2.30. The molecule has 1 N–H and O–H groups in total. The number of carbonyl (C=O) groups is 1. The van der Waals surface area contributed by atoms with Gasteiger partial charge in [-0.1, -0.05) is 0 Å². The highest BCUT2D eigenvalue weighted by atomic mass is 19.1. The fourth-order valence-electron chi connectivity index (χ4n) is 3.59. The summed E-state index contributed by atoms with van der Waals surface area (Å²) in [7, 11) is 3.48. The zero-order chi connectivity index (χ0) is 19.8. The number of fused-ring (bicyclic) bond motifs is 1. The van der Waals surface area contributed by atoms with Gasteiger partial charge in [-0.25, -0.2) is 4.39 Å². The molecule has 1 amide bonds. The fraction of sp³-hybridized carbons (Fsp3) is 0.368. The number of aromatic nitrogens is 5. The van der Waals surface area contributed by atoms with Crippen LogP contribution in [0.2, 0.25) is 0 Å². The average molecular weight is 383 g/mol. The second-order valence-corrected chi connectivity index (χ2v) is 7.14. The molecule has 0 fully saturated rings. The molecule has 1 aliphatic heterocycles. The molecule has 0 saturated heterocycles. The molecule has 1 aliphatic rings. The van der Waals surface area contributed by atoms with E-state index >= 15 is 0 Å². The van der Waals surface area contributed by atoms with E-state index in [2.05, 4.69) is 25.3 Å². The monoisotopic (exact) mass is 383 g/mol. The van der Waals surface area contributed by atoms with Crippen LogP contribution in [0.4, 0.5) is 4.39 Å². The number of nitrogens with zero attached hydrogens (tertiary/aromatic N) is 6. The molecule has 0 saturated carbocycles. The van der Waals surface area contributed by atoms with Gasteiger partial charge in [0, 0.05) is 44.9 Å². The second kappa shape index (κ2) is 7.16. The van der Waals surface area contributed by atoms with Gasteiger partial charge in [-0.15, -0.1) is 10.2 Å². The minimum absolute atomic E-state index is 0.0415. The molecule has 0 radical (unpaired) electrons. The Kier molecular flexibility index (Phi) is 4.68. The fourth-order valence-corrected chi connectivity index (χ4v) is 3.59. The first-order valence-electron chi connectivity index (χ1n) is 9.09. The van der Waals surface area contributed by atoms with Crippen LogP contribution in [0.25, 0.3) is 11.3 Å². The Balaban J connectivity index is 1.67. The molecule has 3 heterocycles. The first kappa shape index (κ1) is 18.3. The number of benzene rings is 1. The number of aryl methyl sites for hydroxylation is 1. The van der Waals surface area contributed by atoms with E-state index in [1.807, 2.05) is 11.5 Å². The lowest BCUT2D eigenvalue weighted by molar-refractivity contribution is -0.136. The quantitative estimate of drug-likeness (QED) is 0.742. The molecule has 146 valence electrons. The maximum atomic E-state index is 13.3. The summed E-state index contributed by atoms with van der Waals surface area (Å²) in [6, 6.07) is 5.76. The number of carbonyl (C=O) groups excluding carboxylic acids is 1. The second-order valence-electron chi connectivity index (χ2n) is 7.14. The van der Waals surface area contributed by atoms with E-state index in [-0.39, 0.29) is 11.7 Å². The van der Waals surface area contributed by atoms with Crippen LogP contribution in [0.1, 0.15) is 23.3 Å². The van der Waals surface area contributed by atoms with Gasteiger partial charge in [0.05, 0.1) is 11.9 Å². The highest BCUT2D eigenvalue weighted by molar-refractivity contribution is 5.82. The van der Waals surface area contributed by atoms with Crippen LogP contribution in [0.5, 0.6) is 0 Å².